The molecular formula is C18H25Cl2N5OS. The van der Waals surface area contributed by atoms with Crippen molar-refractivity contribution in [2.45, 2.75) is 19.5 Å². The van der Waals surface area contributed by atoms with E-state index in [1.54, 1.807) is 0 Å². The minimum Gasteiger partial charge on any atom is -0.320 e. The molecule has 3 N–H and O–H groups in total. The minimum atomic E-state index is -0.136. The third kappa shape index (κ3) is 5.18. The summed E-state index contributed by atoms with van der Waals surface area (Å²) >= 11 is 2.01. The number of hydrogen-bond donors (Lipinski definition) is 3. The molecule has 0 saturated carbocycles. The Bertz CT molecular complexity index is 764. The number of thioether (sulfide) groups is 1. The van der Waals surface area contributed by atoms with Gasteiger partial charge in [0.2, 0.25) is 0 Å². The molecule has 0 atom stereocenters. The summed E-state index contributed by atoms with van der Waals surface area (Å²) in [6.45, 7) is 4.70. The molecule has 1 aromatic heterocycles. The monoisotopic (exact) mass is 429 g/mol. The zero-order valence-electron chi connectivity index (χ0n) is 15.0. The van der Waals surface area contributed by atoms with E-state index in [1.165, 1.54) is 11.5 Å². The van der Waals surface area contributed by atoms with Crippen molar-refractivity contribution in [1.82, 2.24) is 20.4 Å². The molecule has 1 saturated heterocycles. The minimum absolute atomic E-state index is 0. The van der Waals surface area contributed by atoms with Crippen molar-refractivity contribution < 1.29 is 4.79 Å². The van der Waals surface area contributed by atoms with Crippen molar-refractivity contribution in [3.8, 4) is 0 Å². The maximum atomic E-state index is 12.8. The number of carbonyl (C=O) groups excluding carboxylic acids is 1. The average molecular weight is 430 g/mol. The average Bonchev–Trinajstić information content (AvgIpc) is 3.08. The van der Waals surface area contributed by atoms with Gasteiger partial charge < -0.3 is 10.6 Å². The van der Waals surface area contributed by atoms with E-state index in [9.17, 15) is 4.79 Å². The van der Waals surface area contributed by atoms with Crippen molar-refractivity contribution in [1.29, 1.82) is 0 Å². The molecule has 1 aromatic carbocycles. The Morgan fingerprint density at radius 3 is 2.81 bits per heavy atom. The van der Waals surface area contributed by atoms with E-state index < -0.39 is 0 Å². The highest BCUT2D eigenvalue weighted by Gasteiger charge is 2.22. The van der Waals surface area contributed by atoms with Crippen molar-refractivity contribution in [2.24, 2.45) is 0 Å². The smallest absolute Gasteiger partial charge is 0.276 e. The van der Waals surface area contributed by atoms with E-state index in [2.05, 4.69) is 31.8 Å². The molecule has 1 amide bonds. The van der Waals surface area contributed by atoms with E-state index >= 15 is 0 Å². The summed E-state index contributed by atoms with van der Waals surface area (Å²) in [6.07, 6.45) is 0.888. The van der Waals surface area contributed by atoms with Crippen LogP contribution in [0.4, 0.5) is 5.69 Å². The number of rotatable bonds is 4. The first kappa shape index (κ1) is 22.0. The van der Waals surface area contributed by atoms with E-state index in [0.717, 1.165) is 55.1 Å². The topological polar surface area (TPSA) is 73.0 Å². The van der Waals surface area contributed by atoms with Crippen LogP contribution in [-0.4, -0.2) is 52.1 Å². The number of nitrogens with zero attached hydrogens (tertiary/aromatic N) is 2. The fourth-order valence-corrected chi connectivity index (χ4v) is 4.35. The lowest BCUT2D eigenvalue weighted by atomic mass is 10.1. The summed E-state index contributed by atoms with van der Waals surface area (Å²) in [7, 11) is 0. The number of amides is 1. The molecule has 2 aliphatic heterocycles. The van der Waals surface area contributed by atoms with Gasteiger partial charge in [0.1, 0.15) is 0 Å². The Kier molecular flexibility index (Phi) is 8.44. The molecule has 0 aliphatic carbocycles. The summed E-state index contributed by atoms with van der Waals surface area (Å²) in [4.78, 5) is 15.2. The summed E-state index contributed by atoms with van der Waals surface area (Å²) in [6, 6.07) is 8.07. The van der Waals surface area contributed by atoms with Gasteiger partial charge in [-0.3, -0.25) is 14.8 Å². The lowest BCUT2D eigenvalue weighted by molar-refractivity contribution is 0.102. The molecule has 0 bridgehead atoms. The second-order valence-corrected chi connectivity index (χ2v) is 7.68. The highest BCUT2D eigenvalue weighted by atomic mass is 35.5. The van der Waals surface area contributed by atoms with Crippen molar-refractivity contribution in [3.63, 3.8) is 0 Å². The van der Waals surface area contributed by atoms with Crippen LogP contribution in [-0.2, 0) is 19.5 Å². The second-order valence-electron chi connectivity index (χ2n) is 6.46. The highest BCUT2D eigenvalue weighted by molar-refractivity contribution is 7.99. The maximum absolute atomic E-state index is 12.8. The van der Waals surface area contributed by atoms with Gasteiger partial charge in [0.05, 0.1) is 0 Å². The molecule has 0 unspecified atom stereocenters. The normalized spacial score (nSPS) is 16.6. The lowest BCUT2D eigenvalue weighted by Crippen LogP contribution is -2.32. The Morgan fingerprint density at radius 2 is 2.00 bits per heavy atom. The number of benzene rings is 1. The molecule has 4 rings (SSSR count). The summed E-state index contributed by atoms with van der Waals surface area (Å²) < 4.78 is 0. The number of aromatic nitrogens is 2. The molecule has 9 heteroatoms. The van der Waals surface area contributed by atoms with Crippen molar-refractivity contribution in [2.75, 3.05) is 36.5 Å². The summed E-state index contributed by atoms with van der Waals surface area (Å²) in [5.74, 6) is 2.23. The van der Waals surface area contributed by atoms with Crippen LogP contribution in [0.2, 0.25) is 0 Å². The summed E-state index contributed by atoms with van der Waals surface area (Å²) in [5.41, 5.74) is 4.61. The fraction of sp³-hybridized carbons (Fsp3) is 0.444. The van der Waals surface area contributed by atoms with Gasteiger partial charge in [0.15, 0.2) is 5.69 Å². The van der Waals surface area contributed by atoms with Crippen LogP contribution in [0.5, 0.6) is 0 Å². The van der Waals surface area contributed by atoms with E-state index in [4.69, 9.17) is 0 Å². The predicted molar refractivity (Wildman–Crippen MR) is 115 cm³/mol. The van der Waals surface area contributed by atoms with Crippen LogP contribution < -0.4 is 10.6 Å². The van der Waals surface area contributed by atoms with Gasteiger partial charge in [0.25, 0.3) is 5.91 Å². The number of hydrogen-bond acceptors (Lipinski definition) is 5. The Balaban J connectivity index is 0.00000131. The van der Waals surface area contributed by atoms with Crippen LogP contribution in [0.1, 0.15) is 27.3 Å². The molecule has 2 aliphatic rings. The standard InChI is InChI=1S/C18H23N5OS.2ClH/c24-18(17-14-11-19-6-5-16(14)21-22-17)20-15-4-2-1-3-13(15)12-23-7-9-25-10-8-23;;/h1-4,19H,5-12H2,(H,20,24)(H,21,22);2*1H. The van der Waals surface area contributed by atoms with Crippen molar-refractivity contribution >= 4 is 48.2 Å². The van der Waals surface area contributed by atoms with Gasteiger partial charge in [-0.05, 0) is 11.6 Å². The number of fused-ring (bicyclic) bond motifs is 1. The van der Waals surface area contributed by atoms with Gasteiger partial charge in [-0.15, -0.1) is 24.8 Å². The van der Waals surface area contributed by atoms with Gasteiger partial charge in [0, 0.05) is 67.6 Å². The number of nitrogens with one attached hydrogen (secondary N) is 3. The van der Waals surface area contributed by atoms with Gasteiger partial charge in [-0.25, -0.2) is 0 Å². The SMILES string of the molecule is Cl.Cl.O=C(Nc1ccccc1CN1CCSCC1)c1n[nH]c2c1CNCC2. The maximum Gasteiger partial charge on any atom is 0.276 e. The first-order chi connectivity index (χ1) is 12.3. The number of carbonyl (C=O) groups is 1. The Labute approximate surface area is 176 Å². The Hall–Kier alpha value is -1.25. The highest BCUT2D eigenvalue weighted by Crippen LogP contribution is 2.22. The van der Waals surface area contributed by atoms with Crippen LogP contribution in [0.25, 0.3) is 0 Å². The quantitative estimate of drug-likeness (QED) is 0.696. The molecule has 6 nitrogen and oxygen atoms in total. The molecular weight excluding hydrogens is 405 g/mol. The van der Waals surface area contributed by atoms with Gasteiger partial charge >= 0.3 is 0 Å². The first-order valence-corrected chi connectivity index (χ1v) is 9.93. The van der Waals surface area contributed by atoms with Crippen LogP contribution in [0.15, 0.2) is 24.3 Å². The second kappa shape index (κ2) is 10.3. The zero-order chi connectivity index (χ0) is 17.1. The third-order valence-corrected chi connectivity index (χ3v) is 5.73. The van der Waals surface area contributed by atoms with E-state index in [1.807, 2.05) is 30.0 Å². The van der Waals surface area contributed by atoms with Crippen LogP contribution in [0, 0.1) is 0 Å². The molecule has 3 heterocycles. The number of H-pyrrole nitrogens is 1. The number of halogens is 2. The molecule has 2 aromatic rings. The molecule has 0 spiro atoms. The first-order valence-electron chi connectivity index (χ1n) is 8.77. The largest absolute Gasteiger partial charge is 0.320 e. The number of aromatic amines is 1. The molecule has 0 radical (unpaired) electrons. The van der Waals surface area contributed by atoms with E-state index in [0.29, 0.717) is 12.2 Å². The van der Waals surface area contributed by atoms with Crippen molar-refractivity contribution in [3.05, 3.63) is 46.8 Å². The number of anilines is 1. The number of para-hydroxylation sites is 1. The lowest BCUT2D eigenvalue weighted by Gasteiger charge is -2.27. The molecule has 27 heavy (non-hydrogen) atoms. The van der Waals surface area contributed by atoms with Gasteiger partial charge in [-0.1, -0.05) is 18.2 Å². The van der Waals surface area contributed by atoms with Crippen LogP contribution >= 0.6 is 36.6 Å². The van der Waals surface area contributed by atoms with E-state index in [-0.39, 0.29) is 30.7 Å². The van der Waals surface area contributed by atoms with Gasteiger partial charge in [-0.2, -0.15) is 16.9 Å². The Morgan fingerprint density at radius 1 is 1.22 bits per heavy atom. The molecule has 148 valence electrons. The van der Waals surface area contributed by atoms with Crippen LogP contribution in [0.3, 0.4) is 0 Å². The zero-order valence-corrected chi connectivity index (χ0v) is 17.4. The fourth-order valence-electron chi connectivity index (χ4n) is 3.37. The molecule has 1 fully saturated rings. The summed E-state index contributed by atoms with van der Waals surface area (Å²) in [5, 5.41) is 13.6. The third-order valence-electron chi connectivity index (χ3n) is 4.78. The predicted octanol–water partition coefficient (Wildman–Crippen LogP) is 2.70.